The average molecular weight is 391 g/mol. The second-order valence-electron chi connectivity index (χ2n) is 6.70. The number of aromatic amines is 1. The first kappa shape index (κ1) is 18.6. The number of rotatable bonds is 7. The third kappa shape index (κ3) is 4.23. The fourth-order valence-electron chi connectivity index (χ4n) is 2.82. The zero-order valence-corrected chi connectivity index (χ0v) is 15.9. The van der Waals surface area contributed by atoms with Crippen LogP contribution in [0.25, 0.3) is 17.8 Å². The van der Waals surface area contributed by atoms with Gasteiger partial charge in [0.2, 0.25) is 0 Å². The lowest BCUT2D eigenvalue weighted by Gasteiger charge is -2.07. The molecule has 2 aromatic heterocycles. The van der Waals surface area contributed by atoms with Gasteiger partial charge in [-0.15, -0.1) is 5.10 Å². The molecule has 29 heavy (non-hydrogen) atoms. The van der Waals surface area contributed by atoms with Gasteiger partial charge in [0.15, 0.2) is 5.69 Å². The molecule has 0 saturated heterocycles. The monoisotopic (exact) mass is 391 g/mol. The molecule has 1 aromatic carbocycles. The number of aromatic nitrogens is 5. The lowest BCUT2D eigenvalue weighted by molar-refractivity contribution is 0.0941. The number of hydrogen-bond acceptors (Lipinski definition) is 5. The van der Waals surface area contributed by atoms with Gasteiger partial charge in [-0.05, 0) is 56.2 Å². The Morgan fingerprint density at radius 2 is 2.00 bits per heavy atom. The summed E-state index contributed by atoms with van der Waals surface area (Å²) in [5, 5.41) is 14.0. The molecule has 1 aliphatic carbocycles. The average Bonchev–Trinajstić information content (AvgIpc) is 3.21. The zero-order chi connectivity index (χ0) is 20.2. The number of hydrogen-bond donors (Lipinski definition) is 3. The van der Waals surface area contributed by atoms with Crippen LogP contribution in [0.2, 0.25) is 0 Å². The number of carbonyl (C=O) groups is 2. The lowest BCUT2D eigenvalue weighted by Crippen LogP contribution is -2.26. The quantitative estimate of drug-likeness (QED) is 0.568. The molecule has 9 nitrogen and oxygen atoms in total. The van der Waals surface area contributed by atoms with Crippen LogP contribution in [0.15, 0.2) is 36.7 Å². The fourth-order valence-corrected chi connectivity index (χ4v) is 2.82. The molecule has 9 heteroatoms. The zero-order valence-electron chi connectivity index (χ0n) is 15.9. The fraction of sp³-hybridized carbons (Fsp3) is 0.250. The Hall–Kier alpha value is -3.75. The van der Waals surface area contributed by atoms with Crippen LogP contribution >= 0.6 is 0 Å². The first-order valence-electron chi connectivity index (χ1n) is 9.48. The molecule has 0 spiro atoms. The number of benzene rings is 1. The molecule has 0 radical (unpaired) electrons. The first-order valence-corrected chi connectivity index (χ1v) is 9.48. The van der Waals surface area contributed by atoms with E-state index in [1.165, 1.54) is 0 Å². The van der Waals surface area contributed by atoms with E-state index in [1.807, 2.05) is 6.92 Å². The van der Waals surface area contributed by atoms with Gasteiger partial charge in [-0.3, -0.25) is 9.59 Å². The van der Waals surface area contributed by atoms with Crippen molar-refractivity contribution < 1.29 is 9.59 Å². The number of imidazole rings is 1. The van der Waals surface area contributed by atoms with Gasteiger partial charge in [-0.2, -0.15) is 0 Å². The molecular formula is C20H21N7O2. The Labute approximate surface area is 167 Å². The van der Waals surface area contributed by atoms with Crippen molar-refractivity contribution in [2.75, 3.05) is 6.54 Å². The van der Waals surface area contributed by atoms with E-state index in [0.717, 1.165) is 12.8 Å². The van der Waals surface area contributed by atoms with Gasteiger partial charge in [0, 0.05) is 30.5 Å². The molecule has 148 valence electrons. The van der Waals surface area contributed by atoms with Crippen molar-refractivity contribution >= 4 is 24.0 Å². The van der Waals surface area contributed by atoms with Crippen molar-refractivity contribution in [1.29, 1.82) is 0 Å². The SMILES string of the molecule is CCNC(=O)c1ccc(-n2nnc(C(=O)NC3CC3)c2C=Cc2ncc[nH]2)cc1. The van der Waals surface area contributed by atoms with Crippen LogP contribution < -0.4 is 10.6 Å². The maximum Gasteiger partial charge on any atom is 0.274 e. The van der Waals surface area contributed by atoms with Gasteiger partial charge in [-0.1, -0.05) is 5.21 Å². The molecule has 2 heterocycles. The lowest BCUT2D eigenvalue weighted by atomic mass is 10.2. The normalized spacial score (nSPS) is 13.6. The molecule has 1 saturated carbocycles. The number of carbonyl (C=O) groups excluding carboxylic acids is 2. The van der Waals surface area contributed by atoms with Crippen molar-refractivity contribution in [2.24, 2.45) is 0 Å². The van der Waals surface area contributed by atoms with Gasteiger partial charge in [0.1, 0.15) is 11.5 Å². The van der Waals surface area contributed by atoms with Crippen LogP contribution in [0.3, 0.4) is 0 Å². The molecule has 3 aromatic rings. The summed E-state index contributed by atoms with van der Waals surface area (Å²) in [5.41, 5.74) is 2.02. The Kier molecular flexibility index (Phi) is 5.19. The summed E-state index contributed by atoms with van der Waals surface area (Å²) in [6.07, 6.45) is 8.84. The molecule has 3 N–H and O–H groups in total. The summed E-state index contributed by atoms with van der Waals surface area (Å²) in [4.78, 5) is 31.7. The smallest absolute Gasteiger partial charge is 0.274 e. The van der Waals surface area contributed by atoms with Crippen molar-refractivity contribution in [3.8, 4) is 5.69 Å². The summed E-state index contributed by atoms with van der Waals surface area (Å²) < 4.78 is 1.57. The highest BCUT2D eigenvalue weighted by Crippen LogP contribution is 2.21. The van der Waals surface area contributed by atoms with E-state index in [1.54, 1.807) is 53.5 Å². The summed E-state index contributed by atoms with van der Waals surface area (Å²) in [6.45, 7) is 2.43. The number of nitrogens with one attached hydrogen (secondary N) is 3. The Balaban J connectivity index is 1.67. The highest BCUT2D eigenvalue weighted by atomic mass is 16.2. The van der Waals surface area contributed by atoms with Crippen LogP contribution in [0.4, 0.5) is 0 Å². The molecule has 0 aliphatic heterocycles. The summed E-state index contributed by atoms with van der Waals surface area (Å²) in [7, 11) is 0. The molecule has 0 atom stereocenters. The van der Waals surface area contributed by atoms with Crippen molar-refractivity contribution in [3.05, 3.63) is 59.4 Å². The molecule has 1 fully saturated rings. The maximum atomic E-state index is 12.6. The predicted molar refractivity (Wildman–Crippen MR) is 107 cm³/mol. The van der Waals surface area contributed by atoms with E-state index in [-0.39, 0.29) is 23.6 Å². The molecule has 2 amide bonds. The topological polar surface area (TPSA) is 118 Å². The third-order valence-electron chi connectivity index (χ3n) is 4.46. The standard InChI is InChI=1S/C20H21N7O2/c1-2-21-19(28)13-3-7-15(8-4-13)27-16(9-10-17-22-11-12-23-17)18(25-26-27)20(29)24-14-5-6-14/h3-4,7-12,14H,2,5-6H2,1H3,(H,21,28)(H,22,23)(H,24,29). The van der Waals surface area contributed by atoms with Crippen LogP contribution in [-0.2, 0) is 0 Å². The molecule has 1 aliphatic rings. The van der Waals surface area contributed by atoms with Gasteiger partial charge in [0.05, 0.1) is 5.69 Å². The highest BCUT2D eigenvalue weighted by molar-refractivity contribution is 5.96. The van der Waals surface area contributed by atoms with Crippen molar-refractivity contribution in [1.82, 2.24) is 35.6 Å². The van der Waals surface area contributed by atoms with E-state index >= 15 is 0 Å². The minimum atomic E-state index is -0.253. The second kappa shape index (κ2) is 8.09. The van der Waals surface area contributed by atoms with Gasteiger partial charge < -0.3 is 15.6 Å². The minimum Gasteiger partial charge on any atom is -0.352 e. The molecular weight excluding hydrogens is 370 g/mol. The second-order valence-corrected chi connectivity index (χ2v) is 6.70. The molecule has 4 rings (SSSR count). The van der Waals surface area contributed by atoms with E-state index in [0.29, 0.717) is 29.3 Å². The predicted octanol–water partition coefficient (Wildman–Crippen LogP) is 1.80. The highest BCUT2D eigenvalue weighted by Gasteiger charge is 2.27. The maximum absolute atomic E-state index is 12.6. The molecule has 0 unspecified atom stereocenters. The minimum absolute atomic E-state index is 0.139. The summed E-state index contributed by atoms with van der Waals surface area (Å²) in [5.74, 6) is 0.259. The van der Waals surface area contributed by atoms with Crippen LogP contribution in [0, 0.1) is 0 Å². The van der Waals surface area contributed by atoms with E-state index in [4.69, 9.17) is 0 Å². The number of H-pyrrole nitrogens is 1. The van der Waals surface area contributed by atoms with Crippen LogP contribution in [0.5, 0.6) is 0 Å². The van der Waals surface area contributed by atoms with Crippen LogP contribution in [-0.4, -0.2) is 49.4 Å². The Bertz CT molecular complexity index is 1030. The van der Waals surface area contributed by atoms with Crippen molar-refractivity contribution in [3.63, 3.8) is 0 Å². The van der Waals surface area contributed by atoms with Crippen molar-refractivity contribution in [2.45, 2.75) is 25.8 Å². The number of amides is 2. The Morgan fingerprint density at radius 1 is 1.21 bits per heavy atom. The first-order chi connectivity index (χ1) is 14.2. The number of nitrogens with zero attached hydrogens (tertiary/aromatic N) is 4. The van der Waals surface area contributed by atoms with Gasteiger partial charge in [-0.25, -0.2) is 9.67 Å². The largest absolute Gasteiger partial charge is 0.352 e. The Morgan fingerprint density at radius 3 is 2.66 bits per heavy atom. The van der Waals surface area contributed by atoms with Gasteiger partial charge >= 0.3 is 0 Å². The summed E-state index contributed by atoms with van der Waals surface area (Å²) >= 11 is 0. The van der Waals surface area contributed by atoms with Gasteiger partial charge in [0.25, 0.3) is 11.8 Å². The van der Waals surface area contributed by atoms with E-state index < -0.39 is 0 Å². The van der Waals surface area contributed by atoms with E-state index in [9.17, 15) is 9.59 Å². The van der Waals surface area contributed by atoms with E-state index in [2.05, 4.69) is 30.9 Å². The third-order valence-corrected chi connectivity index (χ3v) is 4.46. The molecule has 0 bridgehead atoms. The van der Waals surface area contributed by atoms with Crippen LogP contribution in [0.1, 0.15) is 52.1 Å². The summed E-state index contributed by atoms with van der Waals surface area (Å²) in [6, 6.07) is 7.18.